The van der Waals surface area contributed by atoms with Crippen LogP contribution in [0.3, 0.4) is 0 Å². The minimum atomic E-state index is 0.492. The monoisotopic (exact) mass is 247 g/mol. The number of H-pyrrole nitrogens is 1. The van der Waals surface area contributed by atoms with Crippen LogP contribution in [-0.2, 0) is 6.61 Å². The molecular weight excluding hydrogens is 230 g/mol. The molecule has 0 aliphatic heterocycles. The molecule has 5 nitrogen and oxygen atoms in total. The third-order valence-corrected chi connectivity index (χ3v) is 2.55. The van der Waals surface area contributed by atoms with Gasteiger partial charge in [-0.15, -0.1) is 0 Å². The van der Waals surface area contributed by atoms with Crippen molar-refractivity contribution in [3.05, 3.63) is 36.2 Å². The van der Waals surface area contributed by atoms with Crippen molar-refractivity contribution >= 4 is 5.69 Å². The van der Waals surface area contributed by atoms with Crippen molar-refractivity contribution in [3.63, 3.8) is 0 Å². The molecule has 1 aromatic heterocycles. The summed E-state index contributed by atoms with van der Waals surface area (Å²) in [5.74, 6) is 1.56. The maximum Gasteiger partial charge on any atom is 0.157 e. The second kappa shape index (κ2) is 5.95. The fourth-order valence-electron chi connectivity index (χ4n) is 1.64. The molecule has 2 aromatic rings. The lowest BCUT2D eigenvalue weighted by molar-refractivity contribution is 0.306. The van der Waals surface area contributed by atoms with Gasteiger partial charge in [-0.05, 0) is 19.1 Å². The molecule has 0 aliphatic rings. The fourth-order valence-corrected chi connectivity index (χ4v) is 1.64. The van der Waals surface area contributed by atoms with Crippen molar-refractivity contribution in [2.75, 3.05) is 19.0 Å². The number of aromatic amines is 1. The van der Waals surface area contributed by atoms with Gasteiger partial charge in [0.25, 0.3) is 0 Å². The predicted molar refractivity (Wildman–Crippen MR) is 70.1 cm³/mol. The molecule has 0 bridgehead atoms. The lowest BCUT2D eigenvalue weighted by Crippen LogP contribution is -2.04. The number of anilines is 1. The van der Waals surface area contributed by atoms with E-state index in [1.165, 1.54) is 0 Å². The van der Waals surface area contributed by atoms with Gasteiger partial charge in [0, 0.05) is 23.9 Å². The second-order valence-corrected chi connectivity index (χ2v) is 3.78. The SMILES string of the molecule is CCNc1cc(OC)ccc1COc1cn[nH]c1. The lowest BCUT2D eigenvalue weighted by atomic mass is 10.1. The van der Waals surface area contributed by atoms with Crippen LogP contribution < -0.4 is 14.8 Å². The van der Waals surface area contributed by atoms with E-state index in [0.717, 1.165) is 29.3 Å². The van der Waals surface area contributed by atoms with Gasteiger partial charge in [0.2, 0.25) is 0 Å². The molecule has 2 N–H and O–H groups in total. The van der Waals surface area contributed by atoms with Crippen LogP contribution in [0.25, 0.3) is 0 Å². The molecule has 18 heavy (non-hydrogen) atoms. The average molecular weight is 247 g/mol. The van der Waals surface area contributed by atoms with E-state index < -0.39 is 0 Å². The van der Waals surface area contributed by atoms with Crippen LogP contribution in [-0.4, -0.2) is 23.9 Å². The Morgan fingerprint density at radius 2 is 2.22 bits per heavy atom. The summed E-state index contributed by atoms with van der Waals surface area (Å²) in [6.45, 7) is 3.40. The highest BCUT2D eigenvalue weighted by molar-refractivity contribution is 5.55. The molecule has 0 amide bonds. The molecule has 0 atom stereocenters. The first-order valence-electron chi connectivity index (χ1n) is 5.86. The molecular formula is C13H17N3O2. The predicted octanol–water partition coefficient (Wildman–Crippen LogP) is 2.43. The number of methoxy groups -OCH3 is 1. The first-order chi connectivity index (χ1) is 8.83. The van der Waals surface area contributed by atoms with Gasteiger partial charge in [0.15, 0.2) is 5.75 Å². The molecule has 1 heterocycles. The maximum absolute atomic E-state index is 5.62. The Morgan fingerprint density at radius 1 is 1.33 bits per heavy atom. The van der Waals surface area contributed by atoms with Gasteiger partial charge in [-0.3, -0.25) is 5.10 Å². The highest BCUT2D eigenvalue weighted by Crippen LogP contribution is 2.23. The zero-order chi connectivity index (χ0) is 12.8. The molecule has 2 rings (SSSR count). The molecule has 0 fully saturated rings. The van der Waals surface area contributed by atoms with E-state index in [9.17, 15) is 0 Å². The van der Waals surface area contributed by atoms with E-state index in [2.05, 4.69) is 22.4 Å². The van der Waals surface area contributed by atoms with Crippen LogP contribution >= 0.6 is 0 Å². The Labute approximate surface area is 106 Å². The highest BCUT2D eigenvalue weighted by atomic mass is 16.5. The number of aromatic nitrogens is 2. The summed E-state index contributed by atoms with van der Waals surface area (Å²) in [5.41, 5.74) is 2.11. The first-order valence-corrected chi connectivity index (χ1v) is 5.86. The number of hydrogen-bond acceptors (Lipinski definition) is 4. The van der Waals surface area contributed by atoms with Gasteiger partial charge in [0.1, 0.15) is 12.4 Å². The van der Waals surface area contributed by atoms with Crippen LogP contribution in [0.2, 0.25) is 0 Å². The lowest BCUT2D eigenvalue weighted by Gasteiger charge is -2.12. The van der Waals surface area contributed by atoms with Crippen molar-refractivity contribution in [3.8, 4) is 11.5 Å². The smallest absolute Gasteiger partial charge is 0.157 e. The Hall–Kier alpha value is -2.17. The zero-order valence-corrected chi connectivity index (χ0v) is 10.6. The van der Waals surface area contributed by atoms with Gasteiger partial charge in [-0.2, -0.15) is 5.10 Å². The molecule has 1 aromatic carbocycles. The Morgan fingerprint density at radius 3 is 2.89 bits per heavy atom. The number of rotatable bonds is 6. The number of nitrogens with zero attached hydrogens (tertiary/aromatic N) is 1. The topological polar surface area (TPSA) is 59.2 Å². The van der Waals surface area contributed by atoms with Crippen LogP contribution in [0.5, 0.6) is 11.5 Å². The summed E-state index contributed by atoms with van der Waals surface area (Å²) in [6.07, 6.45) is 3.37. The minimum Gasteiger partial charge on any atom is -0.497 e. The Bertz CT molecular complexity index is 483. The van der Waals surface area contributed by atoms with Crippen molar-refractivity contribution in [1.29, 1.82) is 0 Å². The van der Waals surface area contributed by atoms with E-state index in [0.29, 0.717) is 6.61 Å². The molecule has 0 unspecified atom stereocenters. The summed E-state index contributed by atoms with van der Waals surface area (Å²) < 4.78 is 10.8. The standard InChI is InChI=1S/C13H17N3O2/c1-3-14-13-6-11(17-2)5-4-10(13)9-18-12-7-15-16-8-12/h4-8,14H,3,9H2,1-2H3,(H,15,16). The fraction of sp³-hybridized carbons (Fsp3) is 0.308. The van der Waals surface area contributed by atoms with Gasteiger partial charge in [0.05, 0.1) is 19.5 Å². The second-order valence-electron chi connectivity index (χ2n) is 3.78. The van der Waals surface area contributed by atoms with E-state index >= 15 is 0 Å². The summed E-state index contributed by atoms with van der Waals surface area (Å²) in [6, 6.07) is 5.89. The normalized spacial score (nSPS) is 10.1. The molecule has 0 aliphatic carbocycles. The molecule has 0 radical (unpaired) electrons. The maximum atomic E-state index is 5.62. The highest BCUT2D eigenvalue weighted by Gasteiger charge is 2.05. The van der Waals surface area contributed by atoms with E-state index in [1.807, 2.05) is 18.2 Å². The van der Waals surface area contributed by atoms with Crippen molar-refractivity contribution in [1.82, 2.24) is 10.2 Å². The summed E-state index contributed by atoms with van der Waals surface area (Å²) in [4.78, 5) is 0. The number of ether oxygens (including phenoxy) is 2. The summed E-state index contributed by atoms with van der Waals surface area (Å²) in [5, 5.41) is 9.85. The van der Waals surface area contributed by atoms with Gasteiger partial charge in [-0.25, -0.2) is 0 Å². The van der Waals surface area contributed by atoms with Crippen molar-refractivity contribution in [2.24, 2.45) is 0 Å². The number of benzene rings is 1. The summed E-state index contributed by atoms with van der Waals surface area (Å²) in [7, 11) is 1.66. The van der Waals surface area contributed by atoms with Crippen molar-refractivity contribution < 1.29 is 9.47 Å². The Kier molecular flexibility index (Phi) is 4.06. The van der Waals surface area contributed by atoms with Gasteiger partial charge >= 0.3 is 0 Å². The van der Waals surface area contributed by atoms with Gasteiger partial charge < -0.3 is 14.8 Å². The van der Waals surface area contributed by atoms with Crippen LogP contribution in [0.1, 0.15) is 12.5 Å². The summed E-state index contributed by atoms with van der Waals surface area (Å²) >= 11 is 0. The molecule has 0 saturated heterocycles. The Balaban J connectivity index is 2.10. The van der Waals surface area contributed by atoms with Crippen LogP contribution in [0.4, 0.5) is 5.69 Å². The minimum absolute atomic E-state index is 0.492. The number of hydrogen-bond donors (Lipinski definition) is 2. The average Bonchev–Trinajstić information content (AvgIpc) is 2.90. The van der Waals surface area contributed by atoms with E-state index in [-0.39, 0.29) is 0 Å². The quantitative estimate of drug-likeness (QED) is 0.823. The number of nitrogens with one attached hydrogen (secondary N) is 2. The molecule has 5 heteroatoms. The van der Waals surface area contributed by atoms with E-state index in [1.54, 1.807) is 19.5 Å². The molecule has 0 saturated carbocycles. The van der Waals surface area contributed by atoms with Crippen LogP contribution in [0.15, 0.2) is 30.6 Å². The van der Waals surface area contributed by atoms with E-state index in [4.69, 9.17) is 9.47 Å². The first kappa shape index (κ1) is 12.3. The van der Waals surface area contributed by atoms with Gasteiger partial charge in [-0.1, -0.05) is 0 Å². The largest absolute Gasteiger partial charge is 0.497 e. The van der Waals surface area contributed by atoms with Crippen molar-refractivity contribution in [2.45, 2.75) is 13.5 Å². The third-order valence-electron chi connectivity index (χ3n) is 2.55. The third kappa shape index (κ3) is 2.94. The molecule has 96 valence electrons. The zero-order valence-electron chi connectivity index (χ0n) is 10.6. The van der Waals surface area contributed by atoms with Crippen LogP contribution in [0, 0.1) is 0 Å². The molecule has 0 spiro atoms.